The Morgan fingerprint density at radius 3 is 1.71 bits per heavy atom. The predicted octanol–water partition coefficient (Wildman–Crippen LogP) is 5.95. The van der Waals surface area contributed by atoms with Gasteiger partial charge in [0.15, 0.2) is 0 Å². The number of hydrogen-bond acceptors (Lipinski definition) is 2. The van der Waals surface area contributed by atoms with Crippen LogP contribution in [-0.2, 0) is 9.53 Å². The van der Waals surface area contributed by atoms with Gasteiger partial charge in [0.2, 0.25) is 0 Å². The van der Waals surface area contributed by atoms with Gasteiger partial charge in [-0.05, 0) is 38.5 Å². The summed E-state index contributed by atoms with van der Waals surface area (Å²) in [7, 11) is 0. The molecular weight excluding hydrogens is 260 g/mol. The van der Waals surface area contributed by atoms with E-state index < -0.39 is 0 Å². The third-order valence-corrected chi connectivity index (χ3v) is 4.20. The Hall–Kier alpha value is -0.790. The molecule has 2 nitrogen and oxygen atoms in total. The molecule has 0 aromatic rings. The SMILES string of the molecule is O=C1CCCCCCC/C=C\CCCCCCCCCO1. The minimum Gasteiger partial charge on any atom is -0.466 e. The van der Waals surface area contributed by atoms with E-state index in [9.17, 15) is 4.79 Å². The Labute approximate surface area is 131 Å². The van der Waals surface area contributed by atoms with Crippen molar-refractivity contribution in [2.75, 3.05) is 6.61 Å². The summed E-state index contributed by atoms with van der Waals surface area (Å²) in [4.78, 5) is 11.5. The van der Waals surface area contributed by atoms with E-state index in [4.69, 9.17) is 4.74 Å². The molecule has 0 amide bonds. The van der Waals surface area contributed by atoms with Crippen molar-refractivity contribution >= 4 is 5.97 Å². The second kappa shape index (κ2) is 14.2. The molecule has 1 heterocycles. The zero-order valence-electron chi connectivity index (χ0n) is 13.8. The quantitative estimate of drug-likeness (QED) is 0.407. The van der Waals surface area contributed by atoms with Crippen LogP contribution < -0.4 is 0 Å². The number of ether oxygens (including phenoxy) is 1. The number of carbonyl (C=O) groups is 1. The monoisotopic (exact) mass is 294 g/mol. The normalized spacial score (nSPS) is 23.9. The van der Waals surface area contributed by atoms with Crippen LogP contribution in [0.5, 0.6) is 0 Å². The van der Waals surface area contributed by atoms with Crippen molar-refractivity contribution in [2.24, 2.45) is 0 Å². The molecule has 0 saturated carbocycles. The van der Waals surface area contributed by atoms with Gasteiger partial charge in [0, 0.05) is 6.42 Å². The molecule has 0 spiro atoms. The molecule has 0 aromatic carbocycles. The topological polar surface area (TPSA) is 26.3 Å². The zero-order chi connectivity index (χ0) is 15.0. The minimum absolute atomic E-state index is 0.00679. The average Bonchev–Trinajstić information content (AvgIpc) is 2.48. The second-order valence-electron chi connectivity index (χ2n) is 6.26. The highest BCUT2D eigenvalue weighted by atomic mass is 16.5. The molecule has 122 valence electrons. The van der Waals surface area contributed by atoms with Crippen LogP contribution in [0.1, 0.15) is 96.3 Å². The van der Waals surface area contributed by atoms with E-state index in [1.165, 1.54) is 77.0 Å². The van der Waals surface area contributed by atoms with Crippen molar-refractivity contribution in [2.45, 2.75) is 96.3 Å². The summed E-state index contributed by atoms with van der Waals surface area (Å²) in [5.41, 5.74) is 0. The number of rotatable bonds is 0. The zero-order valence-corrected chi connectivity index (χ0v) is 13.8. The van der Waals surface area contributed by atoms with Crippen molar-refractivity contribution in [3.8, 4) is 0 Å². The molecule has 0 aliphatic carbocycles. The molecule has 2 heteroatoms. The van der Waals surface area contributed by atoms with Crippen molar-refractivity contribution in [1.29, 1.82) is 0 Å². The average molecular weight is 294 g/mol. The first-order valence-corrected chi connectivity index (χ1v) is 9.20. The summed E-state index contributed by atoms with van der Waals surface area (Å²) in [6.07, 6.45) is 22.7. The van der Waals surface area contributed by atoms with Crippen LogP contribution >= 0.6 is 0 Å². The highest BCUT2D eigenvalue weighted by Gasteiger charge is 2.02. The molecule has 0 N–H and O–H groups in total. The van der Waals surface area contributed by atoms with E-state index in [1.54, 1.807) is 0 Å². The molecule has 0 radical (unpaired) electrons. The Balaban J connectivity index is 2.15. The van der Waals surface area contributed by atoms with Gasteiger partial charge in [0.25, 0.3) is 0 Å². The maximum atomic E-state index is 11.5. The van der Waals surface area contributed by atoms with E-state index >= 15 is 0 Å². The third kappa shape index (κ3) is 12.6. The highest BCUT2D eigenvalue weighted by molar-refractivity contribution is 5.69. The van der Waals surface area contributed by atoms with Crippen LogP contribution in [0.25, 0.3) is 0 Å². The smallest absolute Gasteiger partial charge is 0.305 e. The fourth-order valence-corrected chi connectivity index (χ4v) is 2.80. The molecule has 21 heavy (non-hydrogen) atoms. The van der Waals surface area contributed by atoms with Gasteiger partial charge >= 0.3 is 5.97 Å². The number of carbonyl (C=O) groups excluding carboxylic acids is 1. The molecular formula is C19H34O2. The van der Waals surface area contributed by atoms with Gasteiger partial charge in [-0.2, -0.15) is 0 Å². The summed E-state index contributed by atoms with van der Waals surface area (Å²) >= 11 is 0. The number of cyclic esters (lactones) is 1. The Morgan fingerprint density at radius 1 is 0.619 bits per heavy atom. The fraction of sp³-hybridized carbons (Fsp3) is 0.842. The summed E-state index contributed by atoms with van der Waals surface area (Å²) in [6, 6.07) is 0. The van der Waals surface area contributed by atoms with E-state index in [0.717, 1.165) is 12.8 Å². The van der Waals surface area contributed by atoms with Crippen LogP contribution in [-0.4, -0.2) is 12.6 Å². The van der Waals surface area contributed by atoms with Gasteiger partial charge in [-0.3, -0.25) is 4.79 Å². The van der Waals surface area contributed by atoms with Gasteiger partial charge in [0.1, 0.15) is 0 Å². The Kier molecular flexibility index (Phi) is 12.3. The summed E-state index contributed by atoms with van der Waals surface area (Å²) in [5.74, 6) is 0.00679. The van der Waals surface area contributed by atoms with Crippen LogP contribution in [0.15, 0.2) is 12.2 Å². The number of hydrogen-bond donors (Lipinski definition) is 0. The summed E-state index contributed by atoms with van der Waals surface area (Å²) < 4.78 is 5.28. The number of allylic oxidation sites excluding steroid dienone is 2. The van der Waals surface area contributed by atoms with Crippen molar-refractivity contribution in [3.63, 3.8) is 0 Å². The third-order valence-electron chi connectivity index (χ3n) is 4.20. The molecule has 1 rings (SSSR count). The molecule has 0 saturated heterocycles. The van der Waals surface area contributed by atoms with Gasteiger partial charge in [-0.15, -0.1) is 0 Å². The summed E-state index contributed by atoms with van der Waals surface area (Å²) in [5, 5.41) is 0. The van der Waals surface area contributed by atoms with Gasteiger partial charge < -0.3 is 4.74 Å². The van der Waals surface area contributed by atoms with E-state index in [-0.39, 0.29) is 5.97 Å². The molecule has 0 atom stereocenters. The van der Waals surface area contributed by atoms with Crippen molar-refractivity contribution < 1.29 is 9.53 Å². The largest absolute Gasteiger partial charge is 0.466 e. The highest BCUT2D eigenvalue weighted by Crippen LogP contribution is 2.11. The minimum atomic E-state index is 0.00679. The van der Waals surface area contributed by atoms with Crippen LogP contribution in [0, 0.1) is 0 Å². The lowest BCUT2D eigenvalue weighted by atomic mass is 10.1. The molecule has 0 unspecified atom stereocenters. The van der Waals surface area contributed by atoms with E-state index in [1.807, 2.05) is 0 Å². The first kappa shape index (κ1) is 18.3. The van der Waals surface area contributed by atoms with Gasteiger partial charge in [-0.25, -0.2) is 0 Å². The fourth-order valence-electron chi connectivity index (χ4n) is 2.80. The van der Waals surface area contributed by atoms with Crippen LogP contribution in [0.2, 0.25) is 0 Å². The standard InChI is InChI=1S/C19H34O2/c20-19-17-15-13-11-9-7-5-3-1-2-4-6-8-10-12-14-16-18-21-19/h1,3H,2,4-18H2/b3-1-. The Morgan fingerprint density at radius 2 is 1.10 bits per heavy atom. The summed E-state index contributed by atoms with van der Waals surface area (Å²) in [6.45, 7) is 0.629. The lowest BCUT2D eigenvalue weighted by Gasteiger charge is -2.05. The molecule has 1 aliphatic heterocycles. The van der Waals surface area contributed by atoms with Crippen molar-refractivity contribution in [1.82, 2.24) is 0 Å². The lowest BCUT2D eigenvalue weighted by Crippen LogP contribution is -2.05. The van der Waals surface area contributed by atoms with Gasteiger partial charge in [0.05, 0.1) is 6.61 Å². The van der Waals surface area contributed by atoms with E-state index in [2.05, 4.69) is 12.2 Å². The van der Waals surface area contributed by atoms with Gasteiger partial charge in [-0.1, -0.05) is 63.5 Å². The van der Waals surface area contributed by atoms with Crippen molar-refractivity contribution in [3.05, 3.63) is 12.2 Å². The first-order valence-electron chi connectivity index (χ1n) is 9.20. The molecule has 0 bridgehead atoms. The molecule has 1 aliphatic rings. The predicted molar refractivity (Wildman–Crippen MR) is 89.4 cm³/mol. The first-order chi connectivity index (χ1) is 10.4. The van der Waals surface area contributed by atoms with Crippen LogP contribution in [0.3, 0.4) is 0 Å². The second-order valence-corrected chi connectivity index (χ2v) is 6.26. The molecule has 0 fully saturated rings. The lowest BCUT2D eigenvalue weighted by molar-refractivity contribution is -0.143. The molecule has 0 aromatic heterocycles. The number of esters is 1. The van der Waals surface area contributed by atoms with Crippen LogP contribution in [0.4, 0.5) is 0 Å². The maximum Gasteiger partial charge on any atom is 0.305 e. The maximum absolute atomic E-state index is 11.5. The van der Waals surface area contributed by atoms with E-state index in [0.29, 0.717) is 13.0 Å². The Bertz CT molecular complexity index is 271.